The molecule has 0 saturated carbocycles. The number of carbonyl (C=O) groups is 1. The molecule has 3 aromatic rings. The van der Waals surface area contributed by atoms with E-state index in [-0.39, 0.29) is 5.91 Å². The fraction of sp³-hybridized carbons (Fsp3) is 0.111. The number of hydrogen-bond donors (Lipinski definition) is 1. The molecule has 0 unspecified atom stereocenters. The van der Waals surface area contributed by atoms with Crippen LogP contribution in [-0.2, 0) is 0 Å². The SMILES string of the molecule is O=C(Nc1ccc2c(c1)OCCO2)c1ccc(-c2nccs2)cc1. The van der Waals surface area contributed by atoms with E-state index in [0.717, 1.165) is 10.6 Å². The Hall–Kier alpha value is -2.86. The van der Waals surface area contributed by atoms with Crippen LogP contribution < -0.4 is 14.8 Å². The predicted molar refractivity (Wildman–Crippen MR) is 92.9 cm³/mol. The quantitative estimate of drug-likeness (QED) is 0.788. The van der Waals surface area contributed by atoms with E-state index in [2.05, 4.69) is 10.3 Å². The smallest absolute Gasteiger partial charge is 0.255 e. The van der Waals surface area contributed by atoms with E-state index >= 15 is 0 Å². The van der Waals surface area contributed by atoms with Crippen molar-refractivity contribution in [2.45, 2.75) is 0 Å². The summed E-state index contributed by atoms with van der Waals surface area (Å²) in [4.78, 5) is 16.6. The molecule has 1 aromatic heterocycles. The second kappa shape index (κ2) is 6.33. The summed E-state index contributed by atoms with van der Waals surface area (Å²) in [5.41, 5.74) is 2.26. The van der Waals surface area contributed by atoms with Gasteiger partial charge in [-0.05, 0) is 24.3 Å². The first-order valence-electron chi connectivity index (χ1n) is 7.50. The van der Waals surface area contributed by atoms with Crippen LogP contribution in [0.25, 0.3) is 10.6 Å². The molecule has 1 aliphatic heterocycles. The van der Waals surface area contributed by atoms with Crippen molar-refractivity contribution in [3.8, 4) is 22.1 Å². The summed E-state index contributed by atoms with van der Waals surface area (Å²) in [6, 6.07) is 12.8. The average molecular weight is 338 g/mol. The zero-order valence-electron chi connectivity index (χ0n) is 12.7. The minimum atomic E-state index is -0.169. The molecule has 0 aliphatic carbocycles. The molecule has 0 spiro atoms. The monoisotopic (exact) mass is 338 g/mol. The van der Waals surface area contributed by atoms with Crippen molar-refractivity contribution in [2.24, 2.45) is 0 Å². The fourth-order valence-electron chi connectivity index (χ4n) is 2.45. The van der Waals surface area contributed by atoms with E-state index in [9.17, 15) is 4.79 Å². The van der Waals surface area contributed by atoms with E-state index in [1.54, 1.807) is 47.9 Å². The molecule has 0 fully saturated rings. The molecular formula is C18H14N2O3S. The normalized spacial score (nSPS) is 12.7. The first kappa shape index (κ1) is 14.7. The van der Waals surface area contributed by atoms with Crippen LogP contribution in [0, 0.1) is 0 Å². The zero-order valence-corrected chi connectivity index (χ0v) is 13.5. The molecular weight excluding hydrogens is 324 g/mol. The van der Waals surface area contributed by atoms with E-state index in [4.69, 9.17) is 9.47 Å². The van der Waals surface area contributed by atoms with Gasteiger partial charge >= 0.3 is 0 Å². The average Bonchev–Trinajstić information content (AvgIpc) is 3.16. The predicted octanol–water partition coefficient (Wildman–Crippen LogP) is 3.83. The van der Waals surface area contributed by atoms with Gasteiger partial charge in [-0.3, -0.25) is 4.79 Å². The Bertz CT molecular complexity index is 860. The first-order valence-corrected chi connectivity index (χ1v) is 8.38. The van der Waals surface area contributed by atoms with Crippen LogP contribution in [0.5, 0.6) is 11.5 Å². The minimum Gasteiger partial charge on any atom is -0.486 e. The van der Waals surface area contributed by atoms with Crippen LogP contribution in [0.4, 0.5) is 5.69 Å². The molecule has 4 rings (SSSR count). The zero-order chi connectivity index (χ0) is 16.4. The van der Waals surface area contributed by atoms with E-state index in [0.29, 0.717) is 36.0 Å². The molecule has 1 amide bonds. The number of ether oxygens (including phenoxy) is 2. The lowest BCUT2D eigenvalue weighted by atomic mass is 10.1. The summed E-state index contributed by atoms with van der Waals surface area (Å²) in [5.74, 6) is 1.18. The number of thiazole rings is 1. The summed E-state index contributed by atoms with van der Waals surface area (Å²) in [6.45, 7) is 1.06. The molecule has 1 N–H and O–H groups in total. The number of nitrogens with zero attached hydrogens (tertiary/aromatic N) is 1. The molecule has 2 aromatic carbocycles. The molecule has 120 valence electrons. The minimum absolute atomic E-state index is 0.169. The Morgan fingerprint density at radius 3 is 2.58 bits per heavy atom. The van der Waals surface area contributed by atoms with E-state index < -0.39 is 0 Å². The van der Waals surface area contributed by atoms with Crippen molar-refractivity contribution in [2.75, 3.05) is 18.5 Å². The van der Waals surface area contributed by atoms with Crippen LogP contribution in [0.15, 0.2) is 54.0 Å². The maximum atomic E-state index is 12.4. The highest BCUT2D eigenvalue weighted by atomic mass is 32.1. The lowest BCUT2D eigenvalue weighted by Gasteiger charge is -2.19. The van der Waals surface area contributed by atoms with Crippen molar-refractivity contribution < 1.29 is 14.3 Å². The van der Waals surface area contributed by atoms with Gasteiger partial charge in [0.25, 0.3) is 5.91 Å². The highest BCUT2D eigenvalue weighted by Gasteiger charge is 2.13. The summed E-state index contributed by atoms with van der Waals surface area (Å²) < 4.78 is 11.0. The van der Waals surface area contributed by atoms with E-state index in [1.165, 1.54) is 0 Å². The number of carbonyl (C=O) groups excluding carboxylic acids is 1. The standard InChI is InChI=1S/C18H14N2O3S/c21-17(12-1-3-13(4-2-12)18-19-7-10-24-18)20-14-5-6-15-16(11-14)23-9-8-22-15/h1-7,10-11H,8-9H2,(H,20,21). The number of fused-ring (bicyclic) bond motifs is 1. The molecule has 2 heterocycles. The topological polar surface area (TPSA) is 60.5 Å². The van der Waals surface area contributed by atoms with Crippen LogP contribution in [0.2, 0.25) is 0 Å². The van der Waals surface area contributed by atoms with Gasteiger partial charge in [0.2, 0.25) is 0 Å². The molecule has 1 aliphatic rings. The Labute approximate surface area is 142 Å². The highest BCUT2D eigenvalue weighted by molar-refractivity contribution is 7.13. The second-order valence-corrected chi connectivity index (χ2v) is 6.12. The van der Waals surface area contributed by atoms with Gasteiger partial charge in [0, 0.05) is 34.5 Å². The Morgan fingerprint density at radius 2 is 1.83 bits per heavy atom. The Kier molecular flexibility index (Phi) is 3.88. The van der Waals surface area contributed by atoms with Crippen LogP contribution in [-0.4, -0.2) is 24.1 Å². The molecule has 0 radical (unpaired) electrons. The van der Waals surface area contributed by atoms with Gasteiger partial charge in [-0.1, -0.05) is 12.1 Å². The van der Waals surface area contributed by atoms with Gasteiger partial charge in [0.05, 0.1) is 0 Å². The molecule has 24 heavy (non-hydrogen) atoms. The van der Waals surface area contributed by atoms with Crippen molar-refractivity contribution in [3.05, 3.63) is 59.6 Å². The van der Waals surface area contributed by atoms with Gasteiger partial charge < -0.3 is 14.8 Å². The van der Waals surface area contributed by atoms with Crippen molar-refractivity contribution in [1.82, 2.24) is 4.98 Å². The number of benzene rings is 2. The van der Waals surface area contributed by atoms with Gasteiger partial charge in [-0.15, -0.1) is 11.3 Å². The van der Waals surface area contributed by atoms with Crippen LogP contribution >= 0.6 is 11.3 Å². The van der Waals surface area contributed by atoms with Gasteiger partial charge in [0.1, 0.15) is 18.2 Å². The number of nitrogens with one attached hydrogen (secondary N) is 1. The number of anilines is 1. The number of aromatic nitrogens is 1. The molecule has 0 saturated heterocycles. The molecule has 0 bridgehead atoms. The first-order chi connectivity index (χ1) is 11.8. The summed E-state index contributed by atoms with van der Waals surface area (Å²) >= 11 is 1.57. The van der Waals surface area contributed by atoms with Crippen molar-refractivity contribution in [3.63, 3.8) is 0 Å². The third-order valence-corrected chi connectivity index (χ3v) is 4.45. The van der Waals surface area contributed by atoms with Crippen LogP contribution in [0.3, 0.4) is 0 Å². The second-order valence-electron chi connectivity index (χ2n) is 5.23. The highest BCUT2D eigenvalue weighted by Crippen LogP contribution is 2.32. The summed E-state index contributed by atoms with van der Waals surface area (Å²) in [5, 5.41) is 5.74. The van der Waals surface area contributed by atoms with Crippen LogP contribution in [0.1, 0.15) is 10.4 Å². The number of amides is 1. The summed E-state index contributed by atoms with van der Waals surface area (Å²) in [6.07, 6.45) is 1.77. The molecule has 6 heteroatoms. The van der Waals surface area contributed by atoms with Gasteiger partial charge in [0.15, 0.2) is 11.5 Å². The summed E-state index contributed by atoms with van der Waals surface area (Å²) in [7, 11) is 0. The van der Waals surface area contributed by atoms with Gasteiger partial charge in [-0.25, -0.2) is 4.98 Å². The lowest BCUT2D eigenvalue weighted by molar-refractivity contribution is 0.102. The Balaban J connectivity index is 1.50. The van der Waals surface area contributed by atoms with E-state index in [1.807, 2.05) is 17.5 Å². The maximum Gasteiger partial charge on any atom is 0.255 e. The third-order valence-electron chi connectivity index (χ3n) is 3.63. The van der Waals surface area contributed by atoms with Crippen molar-refractivity contribution in [1.29, 1.82) is 0 Å². The maximum absolute atomic E-state index is 12.4. The lowest BCUT2D eigenvalue weighted by Crippen LogP contribution is -2.16. The van der Waals surface area contributed by atoms with Gasteiger partial charge in [-0.2, -0.15) is 0 Å². The molecule has 0 atom stereocenters. The Morgan fingerprint density at radius 1 is 1.04 bits per heavy atom. The molecule has 5 nitrogen and oxygen atoms in total. The number of rotatable bonds is 3. The number of hydrogen-bond acceptors (Lipinski definition) is 5. The van der Waals surface area contributed by atoms with Crippen molar-refractivity contribution >= 4 is 22.9 Å². The largest absolute Gasteiger partial charge is 0.486 e. The fourth-order valence-corrected chi connectivity index (χ4v) is 3.10. The third kappa shape index (κ3) is 2.96.